The third kappa shape index (κ3) is 42.0. The summed E-state index contributed by atoms with van der Waals surface area (Å²) in [6.07, 6.45) is 42.7. The normalized spacial score (nSPS) is 14.0. The fourth-order valence-corrected chi connectivity index (χ4v) is 6.91. The van der Waals surface area contributed by atoms with Crippen LogP contribution in [-0.4, -0.2) is 75.6 Å². The lowest BCUT2D eigenvalue weighted by Gasteiger charge is -2.24. The molecule has 0 rings (SSSR count). The molecule has 0 aliphatic carbocycles. The van der Waals surface area contributed by atoms with Gasteiger partial charge < -0.3 is 18.9 Å². The number of quaternary nitrogens is 1. The van der Waals surface area contributed by atoms with Crippen molar-refractivity contribution in [1.82, 2.24) is 0 Å². The molecule has 0 aromatic carbocycles. The molecule has 0 aliphatic heterocycles. The number of carbonyl (C=O) groups is 1. The van der Waals surface area contributed by atoms with Crippen molar-refractivity contribution in [2.45, 2.75) is 200 Å². The molecule has 0 aromatic rings. The van der Waals surface area contributed by atoms with Crippen molar-refractivity contribution < 1.29 is 37.3 Å². The maximum Gasteiger partial charge on any atom is 0.472 e. The quantitative estimate of drug-likeness (QED) is 0.0165. The van der Waals surface area contributed by atoms with Gasteiger partial charge in [0.1, 0.15) is 19.3 Å². The van der Waals surface area contributed by atoms with Crippen LogP contribution in [0.15, 0.2) is 24.3 Å². The van der Waals surface area contributed by atoms with Gasteiger partial charge in [0.05, 0.1) is 34.4 Å². The summed E-state index contributed by atoms with van der Waals surface area (Å²) < 4.78 is 34.8. The first kappa shape index (κ1) is 52.0. The highest BCUT2D eigenvalue weighted by Gasteiger charge is 2.26. The molecular formula is C44H87NO7P+. The summed E-state index contributed by atoms with van der Waals surface area (Å²) in [4.78, 5) is 22.7. The fourth-order valence-electron chi connectivity index (χ4n) is 6.17. The minimum absolute atomic E-state index is 0.0752. The van der Waals surface area contributed by atoms with Gasteiger partial charge >= 0.3 is 13.8 Å². The van der Waals surface area contributed by atoms with Gasteiger partial charge in [-0.2, -0.15) is 0 Å². The van der Waals surface area contributed by atoms with E-state index in [2.05, 4.69) is 19.9 Å². The van der Waals surface area contributed by atoms with Crippen LogP contribution in [0.25, 0.3) is 0 Å². The maximum atomic E-state index is 12.6. The molecule has 0 saturated heterocycles. The summed E-state index contributed by atoms with van der Waals surface area (Å²) in [6.45, 7) is 5.50. The SMILES string of the molecule is CCCCCCCCCCCCCC=CC=CC(=O)O[C@H](COCCCCCCCCCCCCCCCCCC)COP(=O)(O)OCC[N+](C)(C)C. The van der Waals surface area contributed by atoms with E-state index in [1.165, 1.54) is 160 Å². The lowest BCUT2D eigenvalue weighted by atomic mass is 10.0. The van der Waals surface area contributed by atoms with Crippen molar-refractivity contribution in [2.75, 3.05) is 54.1 Å². The van der Waals surface area contributed by atoms with Gasteiger partial charge in [0.15, 0.2) is 0 Å². The first-order chi connectivity index (χ1) is 25.6. The number of rotatable bonds is 41. The molecule has 0 radical (unpaired) electrons. The van der Waals surface area contributed by atoms with E-state index in [1.54, 1.807) is 6.08 Å². The Labute approximate surface area is 328 Å². The minimum atomic E-state index is -4.29. The second kappa shape index (κ2) is 37.9. The lowest BCUT2D eigenvalue weighted by molar-refractivity contribution is -0.870. The number of unbranched alkanes of at least 4 members (excludes halogenated alkanes) is 26. The number of esters is 1. The smallest absolute Gasteiger partial charge is 0.454 e. The highest BCUT2D eigenvalue weighted by atomic mass is 31.2. The molecule has 0 saturated carbocycles. The Hall–Kier alpha value is -1.02. The van der Waals surface area contributed by atoms with E-state index >= 15 is 0 Å². The molecule has 2 atom stereocenters. The zero-order valence-electron chi connectivity index (χ0n) is 35.5. The number of carbonyl (C=O) groups excluding carboxylic acids is 1. The van der Waals surface area contributed by atoms with Gasteiger partial charge in [0, 0.05) is 12.7 Å². The van der Waals surface area contributed by atoms with E-state index in [9.17, 15) is 14.3 Å². The molecule has 0 aliphatic rings. The Morgan fingerprint density at radius 3 is 1.47 bits per heavy atom. The zero-order chi connectivity index (χ0) is 39.1. The molecule has 8 nitrogen and oxygen atoms in total. The number of likely N-dealkylation sites (N-methyl/N-ethyl adjacent to an activating group) is 1. The standard InChI is InChI=1S/C44H86NO7P/c1-6-8-10-12-14-16-18-20-22-24-26-28-30-32-34-36-39-49-41-43(42-51-53(47,48)50-40-38-45(3,4)5)52-44(46)37-35-33-31-29-27-25-23-21-19-17-15-13-11-9-7-2/h31,33,35,37,43H,6-30,32,34,36,38-42H2,1-5H3/p+1/t43-/m1/s1. The second-order valence-electron chi connectivity index (χ2n) is 16.2. The molecule has 53 heavy (non-hydrogen) atoms. The molecule has 0 fully saturated rings. The largest absolute Gasteiger partial charge is 0.472 e. The van der Waals surface area contributed by atoms with Crippen LogP contribution in [0.3, 0.4) is 0 Å². The van der Waals surface area contributed by atoms with Crippen molar-refractivity contribution in [1.29, 1.82) is 0 Å². The van der Waals surface area contributed by atoms with Crippen LogP contribution < -0.4 is 0 Å². The van der Waals surface area contributed by atoms with Crippen LogP contribution in [0.1, 0.15) is 194 Å². The summed E-state index contributed by atoms with van der Waals surface area (Å²) in [7, 11) is 1.62. The number of phosphoric acid groups is 1. The average Bonchev–Trinajstić information content (AvgIpc) is 3.11. The van der Waals surface area contributed by atoms with Gasteiger partial charge in [-0.05, 0) is 19.3 Å². The molecule has 1 N–H and O–H groups in total. The molecule has 0 spiro atoms. The van der Waals surface area contributed by atoms with E-state index in [1.807, 2.05) is 27.2 Å². The fraction of sp³-hybridized carbons (Fsp3) is 0.886. The number of nitrogens with zero attached hydrogens (tertiary/aromatic N) is 1. The molecule has 314 valence electrons. The van der Waals surface area contributed by atoms with Crippen molar-refractivity contribution in [3.05, 3.63) is 24.3 Å². The molecule has 0 amide bonds. The van der Waals surface area contributed by atoms with E-state index < -0.39 is 19.9 Å². The van der Waals surface area contributed by atoms with Crippen molar-refractivity contribution >= 4 is 13.8 Å². The van der Waals surface area contributed by atoms with Crippen LogP contribution in [0, 0.1) is 0 Å². The Morgan fingerprint density at radius 2 is 1.02 bits per heavy atom. The summed E-state index contributed by atoms with van der Waals surface area (Å²) in [5.74, 6) is -0.539. The first-order valence-corrected chi connectivity index (χ1v) is 23.6. The highest BCUT2D eigenvalue weighted by Crippen LogP contribution is 2.43. The van der Waals surface area contributed by atoms with Crippen LogP contribution in [0.2, 0.25) is 0 Å². The third-order valence-electron chi connectivity index (χ3n) is 9.62. The Kier molecular flexibility index (Phi) is 37.2. The number of hydrogen-bond donors (Lipinski definition) is 1. The average molecular weight is 773 g/mol. The van der Waals surface area contributed by atoms with Crippen LogP contribution >= 0.6 is 7.82 Å². The molecule has 0 aromatic heterocycles. The molecule has 9 heteroatoms. The Balaban J connectivity index is 4.30. The van der Waals surface area contributed by atoms with Crippen LogP contribution in [0.5, 0.6) is 0 Å². The van der Waals surface area contributed by atoms with Gasteiger partial charge in [-0.25, -0.2) is 9.36 Å². The Morgan fingerprint density at radius 1 is 0.585 bits per heavy atom. The molecule has 1 unspecified atom stereocenters. The topological polar surface area (TPSA) is 91.3 Å². The van der Waals surface area contributed by atoms with E-state index in [4.69, 9.17) is 18.5 Å². The van der Waals surface area contributed by atoms with Crippen molar-refractivity contribution in [2.24, 2.45) is 0 Å². The first-order valence-electron chi connectivity index (χ1n) is 22.1. The Bertz CT molecular complexity index is 905. The molecule has 0 heterocycles. The summed E-state index contributed by atoms with van der Waals surface area (Å²) in [5.41, 5.74) is 0. The minimum Gasteiger partial charge on any atom is -0.454 e. The maximum absolute atomic E-state index is 12.6. The van der Waals surface area contributed by atoms with Gasteiger partial charge in [-0.1, -0.05) is 193 Å². The monoisotopic (exact) mass is 773 g/mol. The summed E-state index contributed by atoms with van der Waals surface area (Å²) in [6, 6.07) is 0. The third-order valence-corrected chi connectivity index (χ3v) is 10.6. The van der Waals surface area contributed by atoms with Gasteiger partial charge in [-0.3, -0.25) is 9.05 Å². The highest BCUT2D eigenvalue weighted by molar-refractivity contribution is 7.47. The van der Waals surface area contributed by atoms with Crippen LogP contribution in [0.4, 0.5) is 0 Å². The van der Waals surface area contributed by atoms with Crippen LogP contribution in [-0.2, 0) is 27.9 Å². The van der Waals surface area contributed by atoms with Crippen molar-refractivity contribution in [3.63, 3.8) is 0 Å². The second-order valence-corrected chi connectivity index (χ2v) is 17.6. The number of hydrogen-bond acceptors (Lipinski definition) is 6. The van der Waals surface area contributed by atoms with Crippen molar-refractivity contribution in [3.8, 4) is 0 Å². The molecule has 0 bridgehead atoms. The predicted molar refractivity (Wildman–Crippen MR) is 224 cm³/mol. The summed E-state index contributed by atoms with van der Waals surface area (Å²) >= 11 is 0. The van der Waals surface area contributed by atoms with Gasteiger partial charge in [-0.15, -0.1) is 0 Å². The molecular weight excluding hydrogens is 685 g/mol. The van der Waals surface area contributed by atoms with Gasteiger partial charge in [0.2, 0.25) is 0 Å². The zero-order valence-corrected chi connectivity index (χ0v) is 36.4. The number of ether oxygens (including phenoxy) is 2. The number of allylic oxidation sites excluding steroid dienone is 3. The van der Waals surface area contributed by atoms with Gasteiger partial charge in [0.25, 0.3) is 0 Å². The lowest BCUT2D eigenvalue weighted by Crippen LogP contribution is -2.37. The van der Waals surface area contributed by atoms with E-state index in [0.29, 0.717) is 17.6 Å². The van der Waals surface area contributed by atoms with E-state index in [-0.39, 0.29) is 19.8 Å². The number of phosphoric ester groups is 1. The van der Waals surface area contributed by atoms with E-state index in [0.717, 1.165) is 25.7 Å². The summed E-state index contributed by atoms with van der Waals surface area (Å²) in [5, 5.41) is 0. The predicted octanol–water partition coefficient (Wildman–Crippen LogP) is 12.8.